The smallest absolute Gasteiger partial charge is 0.258 e. The molecule has 4 heteroatoms. The SMILES string of the molecule is CC[C@H](NC(=O)COc1cc(C)cc(C)c1C)c1ccc(OC)c(C)c1. The van der Waals surface area contributed by atoms with Gasteiger partial charge < -0.3 is 14.8 Å². The van der Waals surface area contributed by atoms with Gasteiger partial charge in [-0.15, -0.1) is 0 Å². The van der Waals surface area contributed by atoms with Crippen molar-refractivity contribution in [2.75, 3.05) is 13.7 Å². The van der Waals surface area contributed by atoms with Crippen LogP contribution in [0.3, 0.4) is 0 Å². The number of hydrogen-bond donors (Lipinski definition) is 1. The van der Waals surface area contributed by atoms with Gasteiger partial charge >= 0.3 is 0 Å². The van der Waals surface area contributed by atoms with Crippen LogP contribution in [0.1, 0.15) is 47.2 Å². The zero-order valence-electron chi connectivity index (χ0n) is 16.6. The van der Waals surface area contributed by atoms with Crippen LogP contribution in [0.5, 0.6) is 11.5 Å². The van der Waals surface area contributed by atoms with Gasteiger partial charge in [0.05, 0.1) is 13.2 Å². The van der Waals surface area contributed by atoms with Gasteiger partial charge in [-0.3, -0.25) is 4.79 Å². The Labute approximate surface area is 156 Å². The van der Waals surface area contributed by atoms with Gasteiger partial charge in [-0.25, -0.2) is 0 Å². The molecule has 0 bridgehead atoms. The summed E-state index contributed by atoms with van der Waals surface area (Å²) in [6.07, 6.45) is 0.806. The van der Waals surface area contributed by atoms with Crippen LogP contribution in [0, 0.1) is 27.7 Å². The second kappa shape index (κ2) is 8.75. The van der Waals surface area contributed by atoms with Crippen molar-refractivity contribution in [1.29, 1.82) is 0 Å². The summed E-state index contributed by atoms with van der Waals surface area (Å²) >= 11 is 0. The predicted octanol–water partition coefficient (Wildman–Crippen LogP) is 4.58. The summed E-state index contributed by atoms with van der Waals surface area (Å²) in [5.41, 5.74) is 5.49. The van der Waals surface area contributed by atoms with E-state index < -0.39 is 0 Å². The van der Waals surface area contributed by atoms with Crippen LogP contribution in [0.25, 0.3) is 0 Å². The van der Waals surface area contributed by atoms with E-state index in [1.54, 1.807) is 7.11 Å². The summed E-state index contributed by atoms with van der Waals surface area (Å²) in [4.78, 5) is 12.4. The van der Waals surface area contributed by atoms with E-state index >= 15 is 0 Å². The average molecular weight is 355 g/mol. The lowest BCUT2D eigenvalue weighted by atomic mass is 10.0. The molecule has 140 valence electrons. The fourth-order valence-corrected chi connectivity index (χ4v) is 3.07. The van der Waals surface area contributed by atoms with Crippen LogP contribution in [0.4, 0.5) is 0 Å². The first-order chi connectivity index (χ1) is 12.3. The molecular weight excluding hydrogens is 326 g/mol. The molecule has 1 atom stereocenters. The molecule has 0 aliphatic carbocycles. The van der Waals surface area contributed by atoms with E-state index in [2.05, 4.69) is 24.4 Å². The summed E-state index contributed by atoms with van der Waals surface area (Å²) in [6, 6.07) is 10.0. The third-order valence-corrected chi connectivity index (χ3v) is 4.69. The predicted molar refractivity (Wildman–Crippen MR) is 105 cm³/mol. The third kappa shape index (κ3) is 4.78. The number of hydrogen-bond acceptors (Lipinski definition) is 3. The number of benzene rings is 2. The lowest BCUT2D eigenvalue weighted by molar-refractivity contribution is -0.123. The molecule has 2 rings (SSSR count). The molecule has 0 saturated carbocycles. The maximum Gasteiger partial charge on any atom is 0.258 e. The minimum absolute atomic E-state index is 0.00930. The van der Waals surface area contributed by atoms with Gasteiger partial charge in [-0.2, -0.15) is 0 Å². The second-order valence-electron chi connectivity index (χ2n) is 6.75. The van der Waals surface area contributed by atoms with Gasteiger partial charge in [0.1, 0.15) is 11.5 Å². The van der Waals surface area contributed by atoms with E-state index in [4.69, 9.17) is 9.47 Å². The van der Waals surface area contributed by atoms with Gasteiger partial charge in [0.15, 0.2) is 6.61 Å². The van der Waals surface area contributed by atoms with Crippen molar-refractivity contribution >= 4 is 5.91 Å². The molecule has 2 aromatic carbocycles. The van der Waals surface area contributed by atoms with Crippen molar-refractivity contribution in [3.05, 3.63) is 58.1 Å². The Bertz CT molecular complexity index is 783. The number of rotatable bonds is 7. The number of carbonyl (C=O) groups excluding carboxylic acids is 1. The minimum Gasteiger partial charge on any atom is -0.496 e. The molecule has 0 heterocycles. The normalized spacial score (nSPS) is 11.8. The van der Waals surface area contributed by atoms with Crippen LogP contribution < -0.4 is 14.8 Å². The Morgan fingerprint density at radius 1 is 1.04 bits per heavy atom. The van der Waals surface area contributed by atoms with Crippen LogP contribution in [0.15, 0.2) is 30.3 Å². The van der Waals surface area contributed by atoms with Crippen molar-refractivity contribution in [3.8, 4) is 11.5 Å². The molecule has 1 N–H and O–H groups in total. The Morgan fingerprint density at radius 3 is 2.38 bits per heavy atom. The molecule has 0 fully saturated rings. The number of carbonyl (C=O) groups is 1. The Morgan fingerprint density at radius 2 is 1.77 bits per heavy atom. The Kier molecular flexibility index (Phi) is 6.67. The molecule has 4 nitrogen and oxygen atoms in total. The van der Waals surface area contributed by atoms with Gasteiger partial charge in [0.25, 0.3) is 5.91 Å². The second-order valence-corrected chi connectivity index (χ2v) is 6.75. The summed E-state index contributed by atoms with van der Waals surface area (Å²) in [7, 11) is 1.66. The summed E-state index contributed by atoms with van der Waals surface area (Å²) in [6.45, 7) is 10.2. The van der Waals surface area contributed by atoms with E-state index in [0.717, 1.165) is 40.2 Å². The van der Waals surface area contributed by atoms with Crippen molar-refractivity contribution in [2.24, 2.45) is 0 Å². The van der Waals surface area contributed by atoms with E-state index in [-0.39, 0.29) is 18.6 Å². The summed E-state index contributed by atoms with van der Waals surface area (Å²) < 4.78 is 11.1. The Balaban J connectivity index is 2.02. The first-order valence-corrected chi connectivity index (χ1v) is 9.00. The fraction of sp³-hybridized carbons (Fsp3) is 0.409. The van der Waals surface area contributed by atoms with Crippen molar-refractivity contribution in [2.45, 2.75) is 47.1 Å². The van der Waals surface area contributed by atoms with Gasteiger partial charge in [-0.05, 0) is 74.1 Å². The highest BCUT2D eigenvalue weighted by molar-refractivity contribution is 5.78. The number of methoxy groups -OCH3 is 1. The summed E-state index contributed by atoms with van der Waals surface area (Å²) in [5.74, 6) is 1.50. The van der Waals surface area contributed by atoms with E-state index in [1.165, 1.54) is 5.56 Å². The van der Waals surface area contributed by atoms with Crippen LogP contribution >= 0.6 is 0 Å². The number of nitrogens with one attached hydrogen (secondary N) is 1. The monoisotopic (exact) mass is 355 g/mol. The largest absolute Gasteiger partial charge is 0.496 e. The molecule has 1 amide bonds. The number of aryl methyl sites for hydroxylation is 3. The highest BCUT2D eigenvalue weighted by Crippen LogP contribution is 2.25. The van der Waals surface area contributed by atoms with Gasteiger partial charge in [0.2, 0.25) is 0 Å². The Hall–Kier alpha value is -2.49. The average Bonchev–Trinajstić information content (AvgIpc) is 2.61. The zero-order chi connectivity index (χ0) is 19.3. The number of amides is 1. The molecule has 0 aromatic heterocycles. The first kappa shape index (κ1) is 19.8. The lowest BCUT2D eigenvalue weighted by Gasteiger charge is -2.19. The number of ether oxygens (including phenoxy) is 2. The molecule has 0 radical (unpaired) electrons. The third-order valence-electron chi connectivity index (χ3n) is 4.69. The van der Waals surface area contributed by atoms with Crippen molar-refractivity contribution in [3.63, 3.8) is 0 Å². The first-order valence-electron chi connectivity index (χ1n) is 9.00. The van der Waals surface area contributed by atoms with Crippen LogP contribution in [-0.4, -0.2) is 19.6 Å². The summed E-state index contributed by atoms with van der Waals surface area (Å²) in [5, 5.41) is 3.06. The molecule has 0 saturated heterocycles. The van der Waals surface area contributed by atoms with Gasteiger partial charge in [0, 0.05) is 0 Å². The lowest BCUT2D eigenvalue weighted by Crippen LogP contribution is -2.32. The topological polar surface area (TPSA) is 47.6 Å². The highest BCUT2D eigenvalue weighted by atomic mass is 16.5. The fourth-order valence-electron chi connectivity index (χ4n) is 3.07. The van der Waals surface area contributed by atoms with Crippen LogP contribution in [0.2, 0.25) is 0 Å². The van der Waals surface area contributed by atoms with E-state index in [1.807, 2.05) is 45.9 Å². The maximum atomic E-state index is 12.4. The quantitative estimate of drug-likeness (QED) is 0.791. The molecule has 0 aliphatic rings. The minimum atomic E-state index is -0.121. The molecule has 26 heavy (non-hydrogen) atoms. The zero-order valence-corrected chi connectivity index (χ0v) is 16.6. The standard InChI is InChI=1S/C22H29NO3/c1-7-19(18-8-9-20(25-6)16(4)12-18)23-22(24)13-26-21-11-14(2)10-15(3)17(21)5/h8-12,19H,7,13H2,1-6H3,(H,23,24)/t19-/m0/s1. The van der Waals surface area contributed by atoms with Crippen LogP contribution in [-0.2, 0) is 4.79 Å². The maximum absolute atomic E-state index is 12.4. The molecular formula is C22H29NO3. The molecule has 0 unspecified atom stereocenters. The molecule has 0 spiro atoms. The molecule has 0 aliphatic heterocycles. The van der Waals surface area contributed by atoms with Gasteiger partial charge in [-0.1, -0.05) is 25.1 Å². The van der Waals surface area contributed by atoms with Crippen molar-refractivity contribution < 1.29 is 14.3 Å². The van der Waals surface area contributed by atoms with E-state index in [0.29, 0.717) is 0 Å². The highest BCUT2D eigenvalue weighted by Gasteiger charge is 2.15. The molecule has 2 aromatic rings. The van der Waals surface area contributed by atoms with E-state index in [9.17, 15) is 4.79 Å². The van der Waals surface area contributed by atoms with Crippen molar-refractivity contribution in [1.82, 2.24) is 5.32 Å².